The lowest BCUT2D eigenvalue weighted by atomic mass is 10.1. The van der Waals surface area contributed by atoms with Crippen molar-refractivity contribution >= 4 is 5.91 Å². The Morgan fingerprint density at radius 1 is 1.35 bits per heavy atom. The van der Waals surface area contributed by atoms with Gasteiger partial charge in [-0.05, 0) is 38.6 Å². The second-order valence-electron chi connectivity index (χ2n) is 6.78. The van der Waals surface area contributed by atoms with Crippen molar-refractivity contribution in [3.63, 3.8) is 0 Å². The van der Waals surface area contributed by atoms with Crippen LogP contribution in [-0.4, -0.2) is 78.5 Å². The van der Waals surface area contributed by atoms with Crippen molar-refractivity contribution in [3.05, 3.63) is 29.6 Å². The fourth-order valence-corrected chi connectivity index (χ4v) is 2.90. The highest BCUT2D eigenvalue weighted by Gasteiger charge is 2.19. The lowest BCUT2D eigenvalue weighted by Crippen LogP contribution is -2.46. The van der Waals surface area contributed by atoms with Crippen molar-refractivity contribution in [1.29, 1.82) is 0 Å². The van der Waals surface area contributed by atoms with Gasteiger partial charge in [-0.15, -0.1) is 0 Å². The first-order valence-electron chi connectivity index (χ1n) is 8.54. The molecule has 0 bridgehead atoms. The lowest BCUT2D eigenvalue weighted by Gasteiger charge is -2.33. The minimum Gasteiger partial charge on any atom is -0.343 e. The van der Waals surface area contributed by atoms with Gasteiger partial charge in [0.15, 0.2) is 0 Å². The number of nitrogens with zero attached hydrogens (tertiary/aromatic N) is 4. The van der Waals surface area contributed by atoms with Gasteiger partial charge in [-0.25, -0.2) is 0 Å². The van der Waals surface area contributed by atoms with Crippen molar-refractivity contribution in [3.8, 4) is 0 Å². The second-order valence-corrected chi connectivity index (χ2v) is 6.78. The second kappa shape index (κ2) is 8.41. The molecule has 0 saturated carbocycles. The molecule has 128 valence electrons. The first-order chi connectivity index (χ1) is 11.0. The summed E-state index contributed by atoms with van der Waals surface area (Å²) in [6.45, 7) is 9.36. The summed E-state index contributed by atoms with van der Waals surface area (Å²) in [6.07, 6.45) is 3.25. The maximum Gasteiger partial charge on any atom is 0.223 e. The fourth-order valence-electron chi connectivity index (χ4n) is 2.90. The van der Waals surface area contributed by atoms with E-state index in [2.05, 4.69) is 41.7 Å². The number of hydrogen-bond donors (Lipinski definition) is 0. The third kappa shape index (κ3) is 5.59. The molecule has 1 atom stereocenters. The van der Waals surface area contributed by atoms with Gasteiger partial charge in [0.2, 0.25) is 5.91 Å². The number of pyridine rings is 1. The van der Waals surface area contributed by atoms with E-state index in [0.717, 1.165) is 44.8 Å². The normalized spacial score (nSPS) is 17.9. The molecule has 1 aromatic rings. The predicted octanol–water partition coefficient (Wildman–Crippen LogP) is 1.42. The third-order valence-electron chi connectivity index (χ3n) is 4.77. The van der Waals surface area contributed by atoms with Gasteiger partial charge in [-0.2, -0.15) is 0 Å². The zero-order valence-corrected chi connectivity index (χ0v) is 15.0. The largest absolute Gasteiger partial charge is 0.343 e. The lowest BCUT2D eigenvalue weighted by molar-refractivity contribution is -0.132. The number of hydrogen-bond acceptors (Lipinski definition) is 4. The Labute approximate surface area is 140 Å². The highest BCUT2D eigenvalue weighted by Crippen LogP contribution is 2.09. The average molecular weight is 318 g/mol. The van der Waals surface area contributed by atoms with Crippen molar-refractivity contribution in [2.24, 2.45) is 0 Å². The zero-order valence-electron chi connectivity index (χ0n) is 15.0. The van der Waals surface area contributed by atoms with E-state index in [1.165, 1.54) is 5.56 Å². The molecule has 0 unspecified atom stereocenters. The summed E-state index contributed by atoms with van der Waals surface area (Å²) in [6, 6.07) is 4.27. The van der Waals surface area contributed by atoms with Crippen LogP contribution in [0.25, 0.3) is 0 Å². The smallest absolute Gasteiger partial charge is 0.223 e. The van der Waals surface area contributed by atoms with E-state index >= 15 is 0 Å². The molecule has 1 aliphatic rings. The van der Waals surface area contributed by atoms with Crippen LogP contribution in [0.4, 0.5) is 0 Å². The van der Waals surface area contributed by atoms with Crippen LogP contribution in [0.3, 0.4) is 0 Å². The molecule has 2 rings (SSSR count). The van der Waals surface area contributed by atoms with Crippen LogP contribution in [0.2, 0.25) is 0 Å². The molecule has 0 aromatic carbocycles. The summed E-state index contributed by atoms with van der Waals surface area (Å²) >= 11 is 0. The van der Waals surface area contributed by atoms with Gasteiger partial charge >= 0.3 is 0 Å². The SMILES string of the molecule is Cc1ccnc(C[C@H](C)N(C)C(=O)CCN2CCN(C)CC2)c1. The molecule has 0 aliphatic carbocycles. The van der Waals surface area contributed by atoms with E-state index in [0.29, 0.717) is 6.42 Å². The topological polar surface area (TPSA) is 39.7 Å². The van der Waals surface area contributed by atoms with Gasteiger partial charge in [0.1, 0.15) is 0 Å². The average Bonchev–Trinajstić information content (AvgIpc) is 2.53. The van der Waals surface area contributed by atoms with Crippen LogP contribution < -0.4 is 0 Å². The van der Waals surface area contributed by atoms with Crippen LogP contribution in [-0.2, 0) is 11.2 Å². The molecule has 1 aliphatic heterocycles. The zero-order chi connectivity index (χ0) is 16.8. The van der Waals surface area contributed by atoms with Gasteiger partial charge in [0.25, 0.3) is 0 Å². The summed E-state index contributed by atoms with van der Waals surface area (Å²) in [7, 11) is 4.06. The van der Waals surface area contributed by atoms with Crippen LogP contribution in [0.5, 0.6) is 0 Å². The highest BCUT2D eigenvalue weighted by atomic mass is 16.2. The number of likely N-dealkylation sites (N-methyl/N-ethyl adjacent to an activating group) is 2. The minimum absolute atomic E-state index is 0.171. The molecular formula is C18H30N4O. The molecule has 0 spiro atoms. The first kappa shape index (κ1) is 17.9. The molecule has 1 aromatic heterocycles. The van der Waals surface area contributed by atoms with Crippen LogP contribution in [0, 0.1) is 6.92 Å². The van der Waals surface area contributed by atoms with Gasteiger partial charge in [-0.1, -0.05) is 0 Å². The molecule has 5 heteroatoms. The van der Waals surface area contributed by atoms with Crippen LogP contribution in [0.1, 0.15) is 24.6 Å². The summed E-state index contributed by atoms with van der Waals surface area (Å²) in [5.41, 5.74) is 2.27. The number of aryl methyl sites for hydroxylation is 1. The third-order valence-corrected chi connectivity index (χ3v) is 4.77. The van der Waals surface area contributed by atoms with E-state index in [1.54, 1.807) is 0 Å². The quantitative estimate of drug-likeness (QED) is 0.795. The van der Waals surface area contributed by atoms with Crippen LogP contribution >= 0.6 is 0 Å². The number of carbonyl (C=O) groups excluding carboxylic acids is 1. The van der Waals surface area contributed by atoms with Crippen molar-refractivity contribution in [1.82, 2.24) is 19.7 Å². The first-order valence-corrected chi connectivity index (χ1v) is 8.54. The summed E-state index contributed by atoms with van der Waals surface area (Å²) in [5.74, 6) is 0.226. The minimum atomic E-state index is 0.171. The monoisotopic (exact) mass is 318 g/mol. The van der Waals surface area contributed by atoms with E-state index < -0.39 is 0 Å². The van der Waals surface area contributed by atoms with Crippen molar-refractivity contribution < 1.29 is 4.79 Å². The number of aromatic nitrogens is 1. The summed E-state index contributed by atoms with van der Waals surface area (Å²) in [4.78, 5) is 23.4. The number of carbonyl (C=O) groups is 1. The standard InChI is InChI=1S/C18H30N4O/c1-15-5-7-19-17(13-15)14-16(2)21(4)18(23)6-8-22-11-9-20(3)10-12-22/h5,7,13,16H,6,8-12,14H2,1-4H3/t16-/m0/s1. The number of piperazine rings is 1. The van der Waals surface area contributed by atoms with Gasteiger partial charge in [0, 0.05) is 70.5 Å². The molecule has 0 N–H and O–H groups in total. The van der Waals surface area contributed by atoms with E-state index in [1.807, 2.05) is 24.2 Å². The molecular weight excluding hydrogens is 288 g/mol. The summed E-state index contributed by atoms with van der Waals surface area (Å²) in [5, 5.41) is 0. The number of amides is 1. The Hall–Kier alpha value is -1.46. The fraction of sp³-hybridized carbons (Fsp3) is 0.667. The maximum absolute atomic E-state index is 12.4. The molecule has 1 saturated heterocycles. The molecule has 5 nitrogen and oxygen atoms in total. The molecule has 23 heavy (non-hydrogen) atoms. The number of rotatable bonds is 6. The Kier molecular flexibility index (Phi) is 6.54. The van der Waals surface area contributed by atoms with Gasteiger partial charge < -0.3 is 14.7 Å². The molecule has 1 amide bonds. The van der Waals surface area contributed by atoms with Gasteiger partial charge in [0.05, 0.1) is 0 Å². The van der Waals surface area contributed by atoms with E-state index in [-0.39, 0.29) is 11.9 Å². The van der Waals surface area contributed by atoms with Crippen molar-refractivity contribution in [2.45, 2.75) is 32.7 Å². The Bertz CT molecular complexity index is 511. The molecule has 1 fully saturated rings. The summed E-state index contributed by atoms with van der Waals surface area (Å²) < 4.78 is 0. The van der Waals surface area contributed by atoms with Gasteiger partial charge in [-0.3, -0.25) is 9.78 Å². The predicted molar refractivity (Wildman–Crippen MR) is 93.5 cm³/mol. The van der Waals surface area contributed by atoms with E-state index in [4.69, 9.17) is 0 Å². The molecule has 0 radical (unpaired) electrons. The maximum atomic E-state index is 12.4. The molecule has 2 heterocycles. The highest BCUT2D eigenvalue weighted by molar-refractivity contribution is 5.76. The van der Waals surface area contributed by atoms with Crippen molar-refractivity contribution in [2.75, 3.05) is 46.8 Å². The van der Waals surface area contributed by atoms with E-state index in [9.17, 15) is 4.79 Å². The Balaban J connectivity index is 1.77. The van der Waals surface area contributed by atoms with Crippen LogP contribution in [0.15, 0.2) is 18.3 Å². The Morgan fingerprint density at radius 2 is 2.04 bits per heavy atom. The Morgan fingerprint density at radius 3 is 2.70 bits per heavy atom.